The number of amides is 1. The summed E-state index contributed by atoms with van der Waals surface area (Å²) < 4.78 is 0. The van der Waals surface area contributed by atoms with Crippen LogP contribution in [0, 0.1) is 0 Å². The topological polar surface area (TPSA) is 29.5 Å². The molecule has 0 aromatic heterocycles. The van der Waals surface area contributed by atoms with Gasteiger partial charge < -0.3 is 0 Å². The lowest BCUT2D eigenvalue weighted by Crippen LogP contribution is -2.24. The van der Waals surface area contributed by atoms with E-state index in [9.17, 15) is 4.79 Å². The van der Waals surface area contributed by atoms with Crippen molar-refractivity contribution in [2.75, 3.05) is 14.2 Å². The molecule has 0 aliphatic carbocycles. The Morgan fingerprint density at radius 3 is 1.39 bits per heavy atom. The highest BCUT2D eigenvalue weighted by Gasteiger charge is 2.06. The zero-order valence-corrected chi connectivity index (χ0v) is 16.1. The van der Waals surface area contributed by atoms with Crippen LogP contribution >= 0.6 is 0 Å². The highest BCUT2D eigenvalue weighted by Crippen LogP contribution is 2.13. The average Bonchev–Trinajstić information content (AvgIpc) is 2.57. The third kappa shape index (κ3) is 16.1. The van der Waals surface area contributed by atoms with Gasteiger partial charge >= 0.3 is 0 Å². The Kier molecular flexibility index (Phi) is 17.3. The lowest BCUT2D eigenvalue weighted by molar-refractivity contribution is -0.168. The van der Waals surface area contributed by atoms with Gasteiger partial charge in [-0.1, -0.05) is 96.8 Å². The van der Waals surface area contributed by atoms with E-state index in [0.717, 1.165) is 6.42 Å². The van der Waals surface area contributed by atoms with Gasteiger partial charge in [0.15, 0.2) is 0 Å². The minimum absolute atomic E-state index is 0.0854. The van der Waals surface area contributed by atoms with E-state index in [1.807, 2.05) is 0 Å². The third-order valence-electron chi connectivity index (χ3n) is 4.62. The first kappa shape index (κ1) is 22.4. The Balaban J connectivity index is 3.09. The first-order valence-electron chi connectivity index (χ1n) is 10.0. The van der Waals surface area contributed by atoms with Gasteiger partial charge in [0.05, 0.1) is 7.11 Å². The number of unbranched alkanes of at least 4 members (excludes halogenated alkanes) is 14. The smallest absolute Gasteiger partial charge is 0.245 e. The van der Waals surface area contributed by atoms with Crippen LogP contribution in [0.15, 0.2) is 0 Å². The fourth-order valence-electron chi connectivity index (χ4n) is 2.91. The largest absolute Gasteiger partial charge is 0.275 e. The van der Waals surface area contributed by atoms with Crippen molar-refractivity contribution >= 4 is 5.91 Å². The average molecular weight is 328 g/mol. The van der Waals surface area contributed by atoms with Crippen LogP contribution < -0.4 is 0 Å². The Labute approximate surface area is 145 Å². The van der Waals surface area contributed by atoms with E-state index < -0.39 is 0 Å². The molecule has 3 heteroatoms. The molecule has 138 valence electrons. The molecule has 0 aromatic rings. The molecule has 0 bridgehead atoms. The van der Waals surface area contributed by atoms with Gasteiger partial charge in [0.1, 0.15) is 0 Å². The highest BCUT2D eigenvalue weighted by molar-refractivity contribution is 5.74. The number of hydrogen-bond acceptors (Lipinski definition) is 2. The minimum atomic E-state index is 0.0854. The molecule has 0 spiro atoms. The van der Waals surface area contributed by atoms with Crippen molar-refractivity contribution in [1.82, 2.24) is 5.06 Å². The minimum Gasteiger partial charge on any atom is -0.275 e. The van der Waals surface area contributed by atoms with Crippen molar-refractivity contribution in [3.8, 4) is 0 Å². The first-order chi connectivity index (χ1) is 11.2. The van der Waals surface area contributed by atoms with Crippen molar-refractivity contribution in [2.24, 2.45) is 0 Å². The molecule has 0 aromatic carbocycles. The highest BCUT2D eigenvalue weighted by atomic mass is 16.7. The SMILES string of the molecule is CCCCCCCCCCCCCCCCCC(=O)N(C)OC. The van der Waals surface area contributed by atoms with Crippen LogP contribution in [0.1, 0.15) is 110 Å². The number of rotatable bonds is 17. The fourth-order valence-corrected chi connectivity index (χ4v) is 2.91. The number of nitrogens with zero attached hydrogens (tertiary/aromatic N) is 1. The van der Waals surface area contributed by atoms with Crippen LogP contribution in [0.2, 0.25) is 0 Å². The predicted octanol–water partition coefficient (Wildman–Crippen LogP) is 6.27. The number of hydrogen-bond donors (Lipinski definition) is 0. The maximum atomic E-state index is 11.5. The van der Waals surface area contributed by atoms with Crippen LogP contribution in [0.3, 0.4) is 0 Å². The zero-order chi connectivity index (χ0) is 17.2. The lowest BCUT2D eigenvalue weighted by atomic mass is 10.0. The maximum absolute atomic E-state index is 11.5. The van der Waals surface area contributed by atoms with Gasteiger partial charge in [-0.3, -0.25) is 9.63 Å². The van der Waals surface area contributed by atoms with Gasteiger partial charge in [-0.05, 0) is 6.42 Å². The molecular formula is C20H41NO2. The summed E-state index contributed by atoms with van der Waals surface area (Å²) in [6, 6.07) is 0. The second kappa shape index (κ2) is 17.8. The Morgan fingerprint density at radius 2 is 1.04 bits per heavy atom. The molecule has 0 heterocycles. The summed E-state index contributed by atoms with van der Waals surface area (Å²) in [6.45, 7) is 2.28. The second-order valence-corrected chi connectivity index (χ2v) is 6.77. The van der Waals surface area contributed by atoms with Crippen LogP contribution in [0.5, 0.6) is 0 Å². The normalized spacial score (nSPS) is 10.9. The van der Waals surface area contributed by atoms with E-state index >= 15 is 0 Å². The van der Waals surface area contributed by atoms with Crippen molar-refractivity contribution < 1.29 is 9.63 Å². The third-order valence-corrected chi connectivity index (χ3v) is 4.62. The van der Waals surface area contributed by atoms with Gasteiger partial charge in [0.25, 0.3) is 0 Å². The molecule has 23 heavy (non-hydrogen) atoms. The Morgan fingerprint density at radius 1 is 0.696 bits per heavy atom. The molecule has 0 rings (SSSR count). The predicted molar refractivity (Wildman–Crippen MR) is 99.3 cm³/mol. The van der Waals surface area contributed by atoms with Gasteiger partial charge in [-0.25, -0.2) is 5.06 Å². The molecule has 0 unspecified atom stereocenters. The van der Waals surface area contributed by atoms with E-state index in [1.165, 1.54) is 102 Å². The van der Waals surface area contributed by atoms with Gasteiger partial charge in [-0.15, -0.1) is 0 Å². The molecule has 0 aliphatic rings. The standard InChI is InChI=1S/C20H41NO2/c1-4-5-6-7-8-9-10-11-12-13-14-15-16-17-18-19-20(22)21(2)23-3/h4-19H2,1-3H3. The molecule has 0 aliphatic heterocycles. The summed E-state index contributed by atoms with van der Waals surface area (Å²) in [5.41, 5.74) is 0. The van der Waals surface area contributed by atoms with Crippen molar-refractivity contribution in [1.29, 1.82) is 0 Å². The quantitative estimate of drug-likeness (QED) is 0.233. The molecule has 0 saturated heterocycles. The molecule has 0 N–H and O–H groups in total. The lowest BCUT2D eigenvalue weighted by Gasteiger charge is -2.12. The fraction of sp³-hybridized carbons (Fsp3) is 0.950. The number of carbonyl (C=O) groups excluding carboxylic acids is 1. The molecule has 0 saturated carbocycles. The van der Waals surface area contributed by atoms with Gasteiger partial charge in [-0.2, -0.15) is 0 Å². The van der Waals surface area contributed by atoms with E-state index in [1.54, 1.807) is 7.05 Å². The zero-order valence-electron chi connectivity index (χ0n) is 16.1. The maximum Gasteiger partial charge on any atom is 0.245 e. The summed E-state index contributed by atoms with van der Waals surface area (Å²) >= 11 is 0. The number of carbonyl (C=O) groups is 1. The molecule has 0 fully saturated rings. The van der Waals surface area contributed by atoms with Crippen molar-refractivity contribution in [2.45, 2.75) is 110 Å². The van der Waals surface area contributed by atoms with E-state index in [2.05, 4.69) is 6.92 Å². The molecule has 1 amide bonds. The summed E-state index contributed by atoms with van der Waals surface area (Å²) in [7, 11) is 3.21. The van der Waals surface area contributed by atoms with Gasteiger partial charge in [0, 0.05) is 13.5 Å². The second-order valence-electron chi connectivity index (χ2n) is 6.77. The van der Waals surface area contributed by atoms with Crippen LogP contribution in [-0.2, 0) is 9.63 Å². The Bertz CT molecular complexity index is 256. The van der Waals surface area contributed by atoms with Crippen LogP contribution in [0.25, 0.3) is 0 Å². The summed E-state index contributed by atoms with van der Waals surface area (Å²) in [4.78, 5) is 16.4. The monoisotopic (exact) mass is 327 g/mol. The van der Waals surface area contributed by atoms with Crippen molar-refractivity contribution in [3.63, 3.8) is 0 Å². The van der Waals surface area contributed by atoms with Gasteiger partial charge in [0.2, 0.25) is 5.91 Å². The summed E-state index contributed by atoms with van der Waals surface area (Å²) in [6.07, 6.45) is 20.9. The molecular weight excluding hydrogens is 286 g/mol. The number of hydroxylamine groups is 2. The van der Waals surface area contributed by atoms with E-state index in [4.69, 9.17) is 4.84 Å². The molecule has 0 radical (unpaired) electrons. The van der Waals surface area contributed by atoms with Crippen molar-refractivity contribution in [3.05, 3.63) is 0 Å². The molecule has 3 nitrogen and oxygen atoms in total. The van der Waals surface area contributed by atoms with E-state index in [-0.39, 0.29) is 5.91 Å². The van der Waals surface area contributed by atoms with Crippen LogP contribution in [-0.4, -0.2) is 25.1 Å². The van der Waals surface area contributed by atoms with Crippen LogP contribution in [0.4, 0.5) is 0 Å². The molecule has 0 atom stereocenters. The summed E-state index contributed by atoms with van der Waals surface area (Å²) in [5, 5.41) is 1.32. The Hall–Kier alpha value is -0.570. The van der Waals surface area contributed by atoms with E-state index in [0.29, 0.717) is 6.42 Å². The summed E-state index contributed by atoms with van der Waals surface area (Å²) in [5.74, 6) is 0.0854. The first-order valence-corrected chi connectivity index (χ1v) is 10.0.